The highest BCUT2D eigenvalue weighted by Crippen LogP contribution is 2.29. The van der Waals surface area contributed by atoms with Crippen molar-refractivity contribution >= 4 is 63.1 Å². The lowest BCUT2D eigenvalue weighted by atomic mass is 10.2. The Morgan fingerprint density at radius 3 is 2.77 bits per heavy atom. The number of thioether (sulfide) groups is 1. The number of sulfonamides is 1. The summed E-state index contributed by atoms with van der Waals surface area (Å²) in [7, 11) is -1.79. The quantitative estimate of drug-likeness (QED) is 0.347. The third-order valence-corrected chi connectivity index (χ3v) is 8.42. The number of nitrogens with zero attached hydrogens (tertiary/aromatic N) is 3. The topological polar surface area (TPSA) is 65.0 Å². The monoisotopic (exact) mass is 532 g/mol. The largest absolute Gasteiger partial charge is 0.357 e. The molecule has 0 atom stereocenters. The first-order chi connectivity index (χ1) is 11.8. The van der Waals surface area contributed by atoms with Crippen molar-refractivity contribution in [2.24, 2.45) is 4.99 Å². The van der Waals surface area contributed by atoms with E-state index in [1.54, 1.807) is 24.6 Å². The van der Waals surface area contributed by atoms with Crippen LogP contribution in [-0.2, 0) is 10.0 Å². The van der Waals surface area contributed by atoms with Gasteiger partial charge in [-0.3, -0.25) is 4.99 Å². The van der Waals surface area contributed by atoms with Crippen LogP contribution in [-0.4, -0.2) is 73.9 Å². The highest BCUT2D eigenvalue weighted by Gasteiger charge is 2.28. The zero-order chi connectivity index (χ0) is 18.5. The molecule has 6 nitrogen and oxygen atoms in total. The average Bonchev–Trinajstić information content (AvgIpc) is 3.08. The first-order valence-corrected chi connectivity index (χ1v) is 11.7. The molecule has 26 heavy (non-hydrogen) atoms. The van der Waals surface area contributed by atoms with Gasteiger partial charge in [0.2, 0.25) is 0 Å². The molecule has 2 heterocycles. The third-order valence-electron chi connectivity index (χ3n) is 3.90. The Kier molecular flexibility index (Phi) is 9.68. The molecule has 1 fully saturated rings. The van der Waals surface area contributed by atoms with E-state index in [-0.39, 0.29) is 28.7 Å². The molecule has 0 unspecified atom stereocenters. The van der Waals surface area contributed by atoms with Gasteiger partial charge < -0.3 is 10.2 Å². The highest BCUT2D eigenvalue weighted by molar-refractivity contribution is 14.0. The van der Waals surface area contributed by atoms with Gasteiger partial charge >= 0.3 is 0 Å². The van der Waals surface area contributed by atoms with E-state index in [1.807, 2.05) is 18.7 Å². The molecule has 1 aromatic heterocycles. The van der Waals surface area contributed by atoms with Crippen LogP contribution in [0.5, 0.6) is 0 Å². The van der Waals surface area contributed by atoms with Gasteiger partial charge in [-0.1, -0.05) is 6.07 Å². The Morgan fingerprint density at radius 2 is 2.19 bits per heavy atom. The Hall–Kier alpha value is -0.0400. The van der Waals surface area contributed by atoms with Crippen LogP contribution < -0.4 is 5.32 Å². The Bertz CT molecular complexity index is 678. The number of rotatable bonds is 6. The van der Waals surface area contributed by atoms with Gasteiger partial charge in [0.25, 0.3) is 10.0 Å². The summed E-state index contributed by atoms with van der Waals surface area (Å²) in [5.41, 5.74) is 0. The molecule has 0 spiro atoms. The van der Waals surface area contributed by atoms with Crippen molar-refractivity contribution in [1.29, 1.82) is 0 Å². The Morgan fingerprint density at radius 1 is 1.46 bits per heavy atom. The average molecular weight is 533 g/mol. The predicted molar refractivity (Wildman–Crippen MR) is 124 cm³/mol. The smallest absolute Gasteiger partial charge is 0.252 e. The molecule has 0 bridgehead atoms. The number of nitrogens with one attached hydrogen (secondary N) is 1. The molecule has 1 N–H and O–H groups in total. The lowest BCUT2D eigenvalue weighted by molar-refractivity contribution is 0.375. The Balaban J connectivity index is 0.00000338. The number of hydrogen-bond donors (Lipinski definition) is 1. The molecule has 2 rings (SSSR count). The van der Waals surface area contributed by atoms with Crippen molar-refractivity contribution in [3.05, 3.63) is 17.5 Å². The van der Waals surface area contributed by atoms with Gasteiger partial charge in [0, 0.05) is 43.7 Å². The second-order valence-corrected chi connectivity index (χ2v) is 11.5. The third kappa shape index (κ3) is 6.54. The van der Waals surface area contributed by atoms with E-state index in [4.69, 9.17) is 0 Å². The van der Waals surface area contributed by atoms with Crippen molar-refractivity contribution in [3.63, 3.8) is 0 Å². The van der Waals surface area contributed by atoms with Gasteiger partial charge in [0.1, 0.15) is 4.21 Å². The number of likely N-dealkylation sites (N-methyl/N-ethyl adjacent to an activating group) is 1. The maximum Gasteiger partial charge on any atom is 0.252 e. The molecule has 0 aromatic carbocycles. The van der Waals surface area contributed by atoms with Gasteiger partial charge in [0.05, 0.1) is 6.54 Å². The second-order valence-electron chi connectivity index (χ2n) is 6.52. The minimum atomic E-state index is -3.40. The van der Waals surface area contributed by atoms with Crippen LogP contribution >= 0.6 is 47.1 Å². The molecular weight excluding hydrogens is 503 g/mol. The minimum absolute atomic E-state index is 0. The molecular formula is C16H29IN4O2S3. The first kappa shape index (κ1) is 24.0. The van der Waals surface area contributed by atoms with E-state index in [0.717, 1.165) is 31.3 Å². The van der Waals surface area contributed by atoms with Crippen LogP contribution in [0.4, 0.5) is 0 Å². The highest BCUT2D eigenvalue weighted by atomic mass is 127. The summed E-state index contributed by atoms with van der Waals surface area (Å²) in [6, 6.07) is 3.39. The van der Waals surface area contributed by atoms with Gasteiger partial charge in [-0.05, 0) is 32.2 Å². The van der Waals surface area contributed by atoms with Gasteiger partial charge in [-0.2, -0.15) is 16.1 Å². The molecule has 150 valence electrons. The van der Waals surface area contributed by atoms with Crippen LogP contribution in [0.1, 0.15) is 20.8 Å². The summed E-state index contributed by atoms with van der Waals surface area (Å²) in [6.45, 7) is 10.0. The lowest BCUT2D eigenvalue weighted by Gasteiger charge is -2.39. The van der Waals surface area contributed by atoms with Crippen LogP contribution in [0.3, 0.4) is 0 Å². The van der Waals surface area contributed by atoms with Crippen molar-refractivity contribution < 1.29 is 8.42 Å². The predicted octanol–water partition coefficient (Wildman–Crippen LogP) is 2.78. The normalized spacial score (nSPS) is 17.9. The lowest BCUT2D eigenvalue weighted by Crippen LogP contribution is -2.51. The summed E-state index contributed by atoms with van der Waals surface area (Å²) in [5, 5.41) is 5.11. The first-order valence-electron chi connectivity index (χ1n) is 8.43. The van der Waals surface area contributed by atoms with Crippen LogP contribution in [0.2, 0.25) is 0 Å². The maximum atomic E-state index is 12.4. The van der Waals surface area contributed by atoms with E-state index < -0.39 is 10.0 Å². The van der Waals surface area contributed by atoms with Gasteiger partial charge in [-0.25, -0.2) is 8.42 Å². The summed E-state index contributed by atoms with van der Waals surface area (Å²) in [5.74, 6) is 1.95. The molecule has 10 heteroatoms. The summed E-state index contributed by atoms with van der Waals surface area (Å²) in [6.07, 6.45) is 0. The molecule has 0 saturated carbocycles. The summed E-state index contributed by atoms with van der Waals surface area (Å²) in [4.78, 5) is 6.93. The molecule has 1 saturated heterocycles. The van der Waals surface area contributed by atoms with Crippen molar-refractivity contribution in [2.45, 2.75) is 29.7 Å². The van der Waals surface area contributed by atoms with Crippen molar-refractivity contribution in [1.82, 2.24) is 14.5 Å². The van der Waals surface area contributed by atoms with E-state index in [9.17, 15) is 8.42 Å². The van der Waals surface area contributed by atoms with Gasteiger partial charge in [0.15, 0.2) is 5.96 Å². The van der Waals surface area contributed by atoms with Crippen LogP contribution in [0, 0.1) is 0 Å². The van der Waals surface area contributed by atoms with E-state index in [2.05, 4.69) is 29.1 Å². The zero-order valence-electron chi connectivity index (χ0n) is 15.8. The maximum absolute atomic E-state index is 12.4. The number of halogens is 1. The number of guanidine groups is 1. The fraction of sp³-hybridized carbons (Fsp3) is 0.688. The van der Waals surface area contributed by atoms with E-state index in [0.29, 0.717) is 17.3 Å². The molecule has 0 radical (unpaired) electrons. The zero-order valence-corrected chi connectivity index (χ0v) is 20.5. The molecule has 1 aromatic rings. The summed E-state index contributed by atoms with van der Waals surface area (Å²) < 4.78 is 26.8. The SMILES string of the molecule is CCNC(=NCCN(C)S(=O)(=O)c1cccs1)N1CCSC(C)(C)C1.I. The standard InChI is InChI=1S/C16H28N4O2S3.HI/c1-5-17-15(20-10-12-24-16(2,3)13-20)18-8-9-19(4)25(21,22)14-7-6-11-23-14;/h6-7,11H,5,8-10,12-13H2,1-4H3,(H,17,18);1H. The fourth-order valence-corrected chi connectivity index (χ4v) is 6.08. The Labute approximate surface area is 182 Å². The molecule has 1 aliphatic rings. The molecule has 1 aliphatic heterocycles. The number of hydrogen-bond acceptors (Lipinski definition) is 5. The molecule has 0 aliphatic carbocycles. The summed E-state index contributed by atoms with van der Waals surface area (Å²) >= 11 is 3.22. The minimum Gasteiger partial charge on any atom is -0.357 e. The van der Waals surface area contributed by atoms with E-state index in [1.165, 1.54) is 15.6 Å². The number of aliphatic imine (C=N–C) groups is 1. The van der Waals surface area contributed by atoms with Crippen LogP contribution in [0.15, 0.2) is 26.7 Å². The number of thiophene rings is 1. The van der Waals surface area contributed by atoms with Crippen molar-refractivity contribution in [3.8, 4) is 0 Å². The fourth-order valence-electron chi connectivity index (χ4n) is 2.60. The molecule has 0 amide bonds. The van der Waals surface area contributed by atoms with Crippen molar-refractivity contribution in [2.75, 3.05) is 45.5 Å². The van der Waals surface area contributed by atoms with E-state index >= 15 is 0 Å². The van der Waals surface area contributed by atoms with Gasteiger partial charge in [-0.15, -0.1) is 35.3 Å². The van der Waals surface area contributed by atoms with Crippen LogP contribution in [0.25, 0.3) is 0 Å². The second kappa shape index (κ2) is 10.5.